The van der Waals surface area contributed by atoms with Crippen LogP contribution in [0.3, 0.4) is 0 Å². The molecule has 0 bridgehead atoms. The molecule has 2 aliphatic heterocycles. The summed E-state index contributed by atoms with van der Waals surface area (Å²) in [5, 5.41) is 9.11. The van der Waals surface area contributed by atoms with Crippen LogP contribution in [0, 0.1) is 0 Å². The second kappa shape index (κ2) is 3.98. The molecule has 2 aliphatic rings. The van der Waals surface area contributed by atoms with Crippen molar-refractivity contribution in [2.75, 3.05) is 6.61 Å². The van der Waals surface area contributed by atoms with Crippen molar-refractivity contribution in [3.8, 4) is 0 Å². The largest absolute Gasteiger partial charge is 0.392 e. The molecule has 0 saturated carbocycles. The third-order valence-corrected chi connectivity index (χ3v) is 2.91. The van der Waals surface area contributed by atoms with E-state index in [9.17, 15) is 0 Å². The van der Waals surface area contributed by atoms with Gasteiger partial charge in [-0.3, -0.25) is 0 Å². The summed E-state index contributed by atoms with van der Waals surface area (Å²) in [6.07, 6.45) is 2.89. The first kappa shape index (κ1) is 10.1. The molecule has 0 amide bonds. The van der Waals surface area contributed by atoms with Crippen molar-refractivity contribution in [3.05, 3.63) is 11.6 Å². The molecule has 80 valence electrons. The minimum Gasteiger partial charge on any atom is -0.392 e. The summed E-state index contributed by atoms with van der Waals surface area (Å²) in [5.74, 6) is 0. The number of aliphatic hydroxyl groups is 1. The molecule has 1 N–H and O–H groups in total. The number of fused-ring (bicyclic) bond motifs is 1. The lowest BCUT2D eigenvalue weighted by molar-refractivity contribution is -0.492. The zero-order chi connectivity index (χ0) is 10.1. The Balaban J connectivity index is 2.01. The normalized spacial score (nSPS) is 42.9. The van der Waals surface area contributed by atoms with Gasteiger partial charge in [0.1, 0.15) is 12.2 Å². The van der Waals surface area contributed by atoms with Crippen LogP contribution in [-0.4, -0.2) is 36.1 Å². The highest BCUT2D eigenvalue weighted by atomic mass is 17.2. The van der Waals surface area contributed by atoms with Crippen molar-refractivity contribution in [3.63, 3.8) is 0 Å². The van der Waals surface area contributed by atoms with Gasteiger partial charge in [0.25, 0.3) is 0 Å². The smallest absolute Gasteiger partial charge is 0.148 e. The molecule has 0 aliphatic carbocycles. The van der Waals surface area contributed by atoms with Crippen LogP contribution >= 0.6 is 0 Å². The molecule has 0 aromatic carbocycles. The van der Waals surface area contributed by atoms with Crippen molar-refractivity contribution < 1.29 is 19.6 Å². The molecule has 2 fully saturated rings. The van der Waals surface area contributed by atoms with Gasteiger partial charge in [-0.25, -0.2) is 9.78 Å². The van der Waals surface area contributed by atoms with Crippen LogP contribution in [0.1, 0.15) is 20.3 Å². The van der Waals surface area contributed by atoms with Gasteiger partial charge in [-0.1, -0.05) is 6.08 Å². The SMILES string of the molecule is C/C=C(\CO)C1CC2OOC2C(C)O1. The second-order valence-electron chi connectivity index (χ2n) is 3.78. The van der Waals surface area contributed by atoms with Gasteiger partial charge >= 0.3 is 0 Å². The van der Waals surface area contributed by atoms with E-state index in [0.717, 1.165) is 12.0 Å². The number of hydrogen-bond acceptors (Lipinski definition) is 4. The monoisotopic (exact) mass is 200 g/mol. The maximum Gasteiger partial charge on any atom is 0.148 e. The van der Waals surface area contributed by atoms with Gasteiger partial charge in [0.15, 0.2) is 0 Å². The summed E-state index contributed by atoms with van der Waals surface area (Å²) in [4.78, 5) is 9.92. The predicted octanol–water partition coefficient (Wildman–Crippen LogP) is 0.801. The Kier molecular flexibility index (Phi) is 2.88. The van der Waals surface area contributed by atoms with Gasteiger partial charge in [-0.05, 0) is 19.4 Å². The molecule has 2 heterocycles. The van der Waals surface area contributed by atoms with Crippen LogP contribution in [0.25, 0.3) is 0 Å². The molecule has 14 heavy (non-hydrogen) atoms. The summed E-state index contributed by atoms with van der Waals surface area (Å²) >= 11 is 0. The molecule has 0 aromatic heterocycles. The van der Waals surface area contributed by atoms with Crippen LogP contribution in [-0.2, 0) is 14.5 Å². The third-order valence-electron chi connectivity index (χ3n) is 2.91. The topological polar surface area (TPSA) is 47.9 Å². The minimum atomic E-state index is -0.0230. The van der Waals surface area contributed by atoms with E-state index >= 15 is 0 Å². The van der Waals surface area contributed by atoms with E-state index in [4.69, 9.17) is 19.6 Å². The standard InChI is InChI=1S/C10H16O4/c1-3-7(5-11)8-4-9-10(14-13-9)6(2)12-8/h3,6,8-11H,4-5H2,1-2H3/b7-3+. The molecular formula is C10H16O4. The fourth-order valence-corrected chi connectivity index (χ4v) is 1.97. The van der Waals surface area contributed by atoms with Gasteiger partial charge < -0.3 is 9.84 Å². The Bertz CT molecular complexity index is 230. The summed E-state index contributed by atoms with van der Waals surface area (Å²) in [5.41, 5.74) is 0.922. The number of ether oxygens (including phenoxy) is 1. The van der Waals surface area contributed by atoms with E-state index in [0.29, 0.717) is 0 Å². The molecule has 0 aromatic rings. The summed E-state index contributed by atoms with van der Waals surface area (Å²) in [6.45, 7) is 3.92. The van der Waals surface area contributed by atoms with Crippen molar-refractivity contribution in [1.29, 1.82) is 0 Å². The number of rotatable bonds is 2. The fourth-order valence-electron chi connectivity index (χ4n) is 1.97. The molecule has 0 spiro atoms. The van der Waals surface area contributed by atoms with E-state index < -0.39 is 0 Å². The van der Waals surface area contributed by atoms with E-state index in [1.165, 1.54) is 0 Å². The summed E-state index contributed by atoms with van der Waals surface area (Å²) in [6, 6.07) is 0. The Morgan fingerprint density at radius 3 is 2.71 bits per heavy atom. The van der Waals surface area contributed by atoms with Crippen LogP contribution in [0.5, 0.6) is 0 Å². The first-order valence-electron chi connectivity index (χ1n) is 4.99. The lowest BCUT2D eigenvalue weighted by Crippen LogP contribution is -2.57. The number of allylic oxidation sites excluding steroid dienone is 1. The highest BCUT2D eigenvalue weighted by molar-refractivity contribution is 5.10. The lowest BCUT2D eigenvalue weighted by atomic mass is 9.93. The molecule has 2 rings (SSSR count). The Hall–Kier alpha value is -0.420. The Labute approximate surface area is 83.4 Å². The zero-order valence-electron chi connectivity index (χ0n) is 8.47. The van der Waals surface area contributed by atoms with Gasteiger partial charge in [0.2, 0.25) is 0 Å². The highest BCUT2D eigenvalue weighted by Gasteiger charge is 2.46. The fraction of sp³-hybridized carbons (Fsp3) is 0.800. The number of hydrogen-bond donors (Lipinski definition) is 1. The third kappa shape index (κ3) is 1.59. The van der Waals surface area contributed by atoms with E-state index in [1.807, 2.05) is 19.9 Å². The summed E-state index contributed by atoms with van der Waals surface area (Å²) in [7, 11) is 0. The van der Waals surface area contributed by atoms with Crippen LogP contribution < -0.4 is 0 Å². The van der Waals surface area contributed by atoms with Gasteiger partial charge in [-0.15, -0.1) is 0 Å². The first-order valence-corrected chi connectivity index (χ1v) is 4.99. The average Bonchev–Trinajstić information content (AvgIpc) is 2.11. The van der Waals surface area contributed by atoms with Gasteiger partial charge in [-0.2, -0.15) is 0 Å². The van der Waals surface area contributed by atoms with E-state index in [1.54, 1.807) is 0 Å². The maximum atomic E-state index is 9.11. The molecule has 4 heteroatoms. The first-order chi connectivity index (χ1) is 6.76. The predicted molar refractivity (Wildman–Crippen MR) is 49.5 cm³/mol. The molecule has 0 radical (unpaired) electrons. The molecule has 4 atom stereocenters. The van der Waals surface area contributed by atoms with E-state index in [2.05, 4.69) is 0 Å². The van der Waals surface area contributed by atoms with Crippen LogP contribution in [0.2, 0.25) is 0 Å². The number of aliphatic hydroxyl groups excluding tert-OH is 1. The zero-order valence-corrected chi connectivity index (χ0v) is 8.47. The average molecular weight is 200 g/mol. The lowest BCUT2D eigenvalue weighted by Gasteiger charge is -2.45. The Morgan fingerprint density at radius 2 is 2.29 bits per heavy atom. The van der Waals surface area contributed by atoms with Crippen molar-refractivity contribution in [2.45, 2.75) is 44.7 Å². The minimum absolute atomic E-state index is 0.0230. The maximum absolute atomic E-state index is 9.11. The van der Waals surface area contributed by atoms with Crippen molar-refractivity contribution in [2.24, 2.45) is 0 Å². The van der Waals surface area contributed by atoms with Crippen molar-refractivity contribution >= 4 is 0 Å². The molecule has 2 saturated heterocycles. The van der Waals surface area contributed by atoms with Gasteiger partial charge in [0, 0.05) is 6.42 Å². The van der Waals surface area contributed by atoms with Crippen LogP contribution in [0.4, 0.5) is 0 Å². The molecular weight excluding hydrogens is 184 g/mol. The highest BCUT2D eigenvalue weighted by Crippen LogP contribution is 2.34. The van der Waals surface area contributed by atoms with E-state index in [-0.39, 0.29) is 31.0 Å². The van der Waals surface area contributed by atoms with Crippen LogP contribution in [0.15, 0.2) is 11.6 Å². The quantitative estimate of drug-likeness (QED) is 0.529. The Morgan fingerprint density at radius 1 is 1.50 bits per heavy atom. The van der Waals surface area contributed by atoms with Gasteiger partial charge in [0.05, 0.1) is 18.8 Å². The van der Waals surface area contributed by atoms with Crippen molar-refractivity contribution in [1.82, 2.24) is 0 Å². The second-order valence-corrected chi connectivity index (χ2v) is 3.78. The summed E-state index contributed by atoms with van der Waals surface area (Å²) < 4.78 is 5.73. The molecule has 4 nitrogen and oxygen atoms in total. The molecule has 4 unspecified atom stereocenters.